The van der Waals surface area contributed by atoms with Crippen LogP contribution in [0.15, 0.2) is 18.5 Å². The van der Waals surface area contributed by atoms with Crippen molar-refractivity contribution in [2.24, 2.45) is 0 Å². The molecule has 5 nitrogen and oxygen atoms in total. The Labute approximate surface area is 127 Å². The lowest BCUT2D eigenvalue weighted by atomic mass is 9.95. The van der Waals surface area contributed by atoms with Crippen LogP contribution >= 0.6 is 0 Å². The van der Waals surface area contributed by atoms with Crippen molar-refractivity contribution in [1.82, 2.24) is 20.1 Å². The first-order valence-corrected chi connectivity index (χ1v) is 8.09. The molecule has 4 rings (SSSR count). The molecule has 2 atom stereocenters. The molecule has 3 saturated heterocycles. The molecule has 3 aliphatic heterocycles. The van der Waals surface area contributed by atoms with E-state index in [-0.39, 0.29) is 0 Å². The van der Waals surface area contributed by atoms with Gasteiger partial charge in [-0.2, -0.15) is 0 Å². The Morgan fingerprint density at radius 1 is 1.29 bits per heavy atom. The number of hydrogen-bond donors (Lipinski definition) is 1. The monoisotopic (exact) mass is 290 g/mol. The molecule has 3 fully saturated rings. The molecule has 116 valence electrons. The van der Waals surface area contributed by atoms with Gasteiger partial charge in [-0.15, -0.1) is 0 Å². The summed E-state index contributed by atoms with van der Waals surface area (Å²) in [4.78, 5) is 9.57. The quantitative estimate of drug-likeness (QED) is 0.850. The van der Waals surface area contributed by atoms with Crippen molar-refractivity contribution >= 4 is 0 Å². The van der Waals surface area contributed by atoms with E-state index in [1.165, 1.54) is 31.7 Å². The van der Waals surface area contributed by atoms with Crippen molar-refractivity contribution in [3.63, 3.8) is 0 Å². The van der Waals surface area contributed by atoms with Crippen LogP contribution in [0.25, 0.3) is 0 Å². The topological polar surface area (TPSA) is 40.6 Å². The molecule has 1 aromatic rings. The number of fused-ring (bicyclic) bond motifs is 3. The van der Waals surface area contributed by atoms with Gasteiger partial charge in [0.2, 0.25) is 0 Å². The van der Waals surface area contributed by atoms with Crippen LogP contribution in [0.5, 0.6) is 5.75 Å². The molecule has 2 bridgehead atoms. The summed E-state index contributed by atoms with van der Waals surface area (Å²) in [6.45, 7) is 11.8. The maximum atomic E-state index is 5.61. The molecule has 1 N–H and O–H groups in total. The molecular formula is C16H26N4O. The van der Waals surface area contributed by atoms with Crippen LogP contribution in [0.2, 0.25) is 0 Å². The average molecular weight is 290 g/mol. The number of pyridine rings is 1. The van der Waals surface area contributed by atoms with Gasteiger partial charge in [-0.25, -0.2) is 0 Å². The predicted octanol–water partition coefficient (Wildman–Crippen LogP) is 1.13. The van der Waals surface area contributed by atoms with Gasteiger partial charge in [0.1, 0.15) is 5.75 Å². The molecule has 2 unspecified atom stereocenters. The third-order valence-electron chi connectivity index (χ3n) is 4.53. The molecule has 5 heteroatoms. The maximum absolute atomic E-state index is 5.61. The Balaban J connectivity index is 1.82. The summed E-state index contributed by atoms with van der Waals surface area (Å²) in [5.41, 5.74) is 1.24. The average Bonchev–Trinajstić information content (AvgIpc) is 2.54. The summed E-state index contributed by atoms with van der Waals surface area (Å²) >= 11 is 0. The Hall–Kier alpha value is -1.17. The van der Waals surface area contributed by atoms with Crippen molar-refractivity contribution in [2.45, 2.75) is 25.9 Å². The molecule has 21 heavy (non-hydrogen) atoms. The van der Waals surface area contributed by atoms with Crippen molar-refractivity contribution in [2.75, 3.05) is 45.9 Å². The zero-order valence-electron chi connectivity index (χ0n) is 13.1. The number of likely N-dealkylation sites (N-methyl/N-ethyl adjacent to an activating group) is 1. The van der Waals surface area contributed by atoms with Crippen LogP contribution in [0.3, 0.4) is 0 Å². The highest BCUT2D eigenvalue weighted by molar-refractivity contribution is 5.27. The van der Waals surface area contributed by atoms with E-state index in [0.29, 0.717) is 18.7 Å². The van der Waals surface area contributed by atoms with E-state index < -0.39 is 0 Å². The normalized spacial score (nSPS) is 29.3. The van der Waals surface area contributed by atoms with Crippen LogP contribution in [0.4, 0.5) is 0 Å². The van der Waals surface area contributed by atoms with Gasteiger partial charge in [0, 0.05) is 45.0 Å². The Bertz CT molecular complexity index is 459. The highest BCUT2D eigenvalue weighted by Crippen LogP contribution is 2.28. The van der Waals surface area contributed by atoms with Crippen molar-refractivity contribution in [3.05, 3.63) is 24.0 Å². The minimum absolute atomic E-state index is 0.325. The zero-order valence-corrected chi connectivity index (χ0v) is 13.1. The van der Waals surface area contributed by atoms with Gasteiger partial charge in [-0.05, 0) is 25.1 Å². The third-order valence-corrected chi connectivity index (χ3v) is 4.53. The molecule has 4 heterocycles. The van der Waals surface area contributed by atoms with Gasteiger partial charge in [0.05, 0.1) is 18.8 Å². The van der Waals surface area contributed by atoms with Crippen molar-refractivity contribution in [3.8, 4) is 5.75 Å². The van der Waals surface area contributed by atoms with Crippen LogP contribution < -0.4 is 10.1 Å². The minimum Gasteiger partial charge on any atom is -0.492 e. The molecule has 0 amide bonds. The van der Waals surface area contributed by atoms with Gasteiger partial charge < -0.3 is 10.1 Å². The van der Waals surface area contributed by atoms with Gasteiger partial charge >= 0.3 is 0 Å². The van der Waals surface area contributed by atoms with E-state index in [9.17, 15) is 0 Å². The fourth-order valence-corrected chi connectivity index (χ4v) is 3.52. The van der Waals surface area contributed by atoms with Gasteiger partial charge in [-0.1, -0.05) is 6.92 Å². The predicted molar refractivity (Wildman–Crippen MR) is 83.6 cm³/mol. The molecule has 3 aliphatic rings. The largest absolute Gasteiger partial charge is 0.492 e. The SMILES string of the molecule is CCNC(c1cncc(OCC)c1)C1CN2CCN1CC2. The van der Waals surface area contributed by atoms with E-state index in [1.54, 1.807) is 6.20 Å². The fraction of sp³-hybridized carbons (Fsp3) is 0.688. The Morgan fingerprint density at radius 3 is 2.71 bits per heavy atom. The highest BCUT2D eigenvalue weighted by Gasteiger charge is 2.37. The van der Waals surface area contributed by atoms with E-state index in [0.717, 1.165) is 18.8 Å². The van der Waals surface area contributed by atoms with E-state index in [1.807, 2.05) is 13.1 Å². The van der Waals surface area contributed by atoms with Crippen LogP contribution in [0, 0.1) is 0 Å². The number of piperazine rings is 3. The number of aromatic nitrogens is 1. The number of hydrogen-bond acceptors (Lipinski definition) is 5. The first-order valence-electron chi connectivity index (χ1n) is 8.09. The standard InChI is InChI=1S/C16H26N4O/c1-3-18-16(13-9-14(21-4-2)11-17-10-13)15-12-19-5-7-20(15)8-6-19/h9-11,15-16,18H,3-8,12H2,1-2H3. The molecule has 0 saturated carbocycles. The third kappa shape index (κ3) is 3.20. The lowest BCUT2D eigenvalue weighted by Gasteiger charge is -2.50. The molecule has 0 spiro atoms. The van der Waals surface area contributed by atoms with Crippen molar-refractivity contribution in [1.29, 1.82) is 0 Å². The van der Waals surface area contributed by atoms with Crippen molar-refractivity contribution < 1.29 is 4.74 Å². The summed E-state index contributed by atoms with van der Waals surface area (Å²) in [7, 11) is 0. The smallest absolute Gasteiger partial charge is 0.137 e. The summed E-state index contributed by atoms with van der Waals surface area (Å²) in [6, 6.07) is 3.00. The number of ether oxygens (including phenoxy) is 1. The summed E-state index contributed by atoms with van der Waals surface area (Å²) in [5.74, 6) is 0.870. The lowest BCUT2D eigenvalue weighted by Crippen LogP contribution is -2.64. The van der Waals surface area contributed by atoms with E-state index in [2.05, 4.69) is 33.1 Å². The first-order chi connectivity index (χ1) is 10.3. The van der Waals surface area contributed by atoms with Gasteiger partial charge in [0.15, 0.2) is 0 Å². The van der Waals surface area contributed by atoms with E-state index in [4.69, 9.17) is 4.74 Å². The summed E-state index contributed by atoms with van der Waals surface area (Å²) < 4.78 is 5.61. The highest BCUT2D eigenvalue weighted by atomic mass is 16.5. The van der Waals surface area contributed by atoms with Crippen LogP contribution in [-0.4, -0.2) is 66.7 Å². The van der Waals surface area contributed by atoms with Gasteiger partial charge in [-0.3, -0.25) is 14.8 Å². The Morgan fingerprint density at radius 2 is 2.10 bits per heavy atom. The van der Waals surface area contributed by atoms with Gasteiger partial charge in [0.25, 0.3) is 0 Å². The lowest BCUT2D eigenvalue weighted by molar-refractivity contribution is -0.00350. The molecule has 1 aromatic heterocycles. The second-order valence-corrected chi connectivity index (χ2v) is 5.83. The molecule has 0 aliphatic carbocycles. The number of nitrogens with zero attached hydrogens (tertiary/aromatic N) is 3. The van der Waals surface area contributed by atoms with Crippen LogP contribution in [-0.2, 0) is 0 Å². The second kappa shape index (κ2) is 6.73. The fourth-order valence-electron chi connectivity index (χ4n) is 3.52. The second-order valence-electron chi connectivity index (χ2n) is 5.83. The minimum atomic E-state index is 0.325. The molecule has 0 aromatic carbocycles. The van der Waals surface area contributed by atoms with E-state index >= 15 is 0 Å². The zero-order chi connectivity index (χ0) is 14.7. The summed E-state index contributed by atoms with van der Waals surface area (Å²) in [6.07, 6.45) is 3.78. The molecule has 0 radical (unpaired) electrons. The Kier molecular flexibility index (Phi) is 4.73. The molecular weight excluding hydrogens is 264 g/mol. The first kappa shape index (κ1) is 14.8. The van der Waals surface area contributed by atoms with Crippen LogP contribution in [0.1, 0.15) is 25.5 Å². The maximum Gasteiger partial charge on any atom is 0.137 e. The number of nitrogens with one attached hydrogen (secondary N) is 1. The number of rotatable bonds is 6. The summed E-state index contributed by atoms with van der Waals surface area (Å²) in [5, 5.41) is 3.66.